The Balaban J connectivity index is 2.20. The van der Waals surface area contributed by atoms with Crippen LogP contribution in [-0.2, 0) is 0 Å². The maximum atomic E-state index is 11.9. The Labute approximate surface area is 113 Å². The van der Waals surface area contributed by atoms with Gasteiger partial charge in [0.15, 0.2) is 0 Å². The van der Waals surface area contributed by atoms with Gasteiger partial charge in [-0.1, -0.05) is 28.8 Å². The molecule has 1 aromatic heterocycles. The van der Waals surface area contributed by atoms with Crippen LogP contribution in [-0.4, -0.2) is 20.5 Å². The van der Waals surface area contributed by atoms with Crippen LogP contribution in [0.25, 0.3) is 0 Å². The van der Waals surface area contributed by atoms with Crippen molar-refractivity contribution < 1.29 is 4.79 Å². The third-order valence-corrected chi connectivity index (χ3v) is 3.33. The van der Waals surface area contributed by atoms with Crippen LogP contribution in [0.15, 0.2) is 24.3 Å². The van der Waals surface area contributed by atoms with Gasteiger partial charge in [-0.05, 0) is 30.6 Å². The number of hydrogen-bond acceptors (Lipinski definition) is 5. The number of rotatable bonds is 3. The second-order valence-electron chi connectivity index (χ2n) is 3.59. The number of anilines is 1. The molecule has 18 heavy (non-hydrogen) atoms. The zero-order valence-corrected chi connectivity index (χ0v) is 11.1. The molecule has 2 aromatic rings. The van der Waals surface area contributed by atoms with E-state index in [1.54, 1.807) is 31.2 Å². The summed E-state index contributed by atoms with van der Waals surface area (Å²) in [5.74, 6) is -0.234. The van der Waals surface area contributed by atoms with Crippen molar-refractivity contribution in [1.29, 1.82) is 0 Å². The second kappa shape index (κ2) is 5.19. The summed E-state index contributed by atoms with van der Waals surface area (Å²) in [6, 6.07) is 7.06. The van der Waals surface area contributed by atoms with E-state index in [1.165, 1.54) is 0 Å². The van der Waals surface area contributed by atoms with Gasteiger partial charge in [-0.3, -0.25) is 4.79 Å². The van der Waals surface area contributed by atoms with E-state index in [0.717, 1.165) is 11.5 Å². The van der Waals surface area contributed by atoms with Crippen molar-refractivity contribution in [3.63, 3.8) is 0 Å². The average Bonchev–Trinajstić information content (AvgIpc) is 2.76. The Morgan fingerprint density at radius 1 is 1.50 bits per heavy atom. The van der Waals surface area contributed by atoms with Crippen LogP contribution in [0.5, 0.6) is 0 Å². The van der Waals surface area contributed by atoms with Crippen molar-refractivity contribution in [1.82, 2.24) is 9.59 Å². The number of hydrogen-bond donors (Lipinski definition) is 2. The molecule has 1 aromatic carbocycles. The minimum absolute atomic E-state index is 0.234. The summed E-state index contributed by atoms with van der Waals surface area (Å²) >= 11 is 5.95. The molecule has 0 radical (unpaired) electrons. The highest BCUT2D eigenvalue weighted by atomic mass is 32.1. The third kappa shape index (κ3) is 2.69. The van der Waals surface area contributed by atoms with E-state index < -0.39 is 0 Å². The lowest BCUT2D eigenvalue weighted by Crippen LogP contribution is -2.13. The number of nitrogens with two attached hydrogens (primary N) is 1. The van der Waals surface area contributed by atoms with Crippen LogP contribution >= 0.6 is 23.8 Å². The van der Waals surface area contributed by atoms with Gasteiger partial charge in [-0.25, -0.2) is 0 Å². The molecular weight excluding hydrogens is 268 g/mol. The highest BCUT2D eigenvalue weighted by Crippen LogP contribution is 2.15. The molecule has 0 aliphatic carbocycles. The molecule has 7 heteroatoms. The lowest BCUT2D eigenvalue weighted by atomic mass is 10.2. The maximum Gasteiger partial charge on any atom is 0.269 e. The molecular formula is C11H10N4OS2. The number of carbonyl (C=O) groups is 1. The monoisotopic (exact) mass is 278 g/mol. The van der Waals surface area contributed by atoms with Gasteiger partial charge in [0, 0.05) is 11.3 Å². The van der Waals surface area contributed by atoms with Gasteiger partial charge in [0.05, 0.1) is 5.69 Å². The normalized spacial score (nSPS) is 10.1. The average molecular weight is 278 g/mol. The van der Waals surface area contributed by atoms with E-state index in [9.17, 15) is 4.79 Å². The van der Waals surface area contributed by atoms with Gasteiger partial charge in [-0.15, -0.1) is 5.10 Å². The van der Waals surface area contributed by atoms with Gasteiger partial charge < -0.3 is 11.1 Å². The first kappa shape index (κ1) is 12.6. The molecule has 0 aliphatic rings. The van der Waals surface area contributed by atoms with Crippen molar-refractivity contribution in [2.24, 2.45) is 5.73 Å². The Bertz CT molecular complexity index is 609. The van der Waals surface area contributed by atoms with Gasteiger partial charge >= 0.3 is 0 Å². The number of benzene rings is 1. The molecule has 1 amide bonds. The van der Waals surface area contributed by atoms with E-state index in [-0.39, 0.29) is 5.91 Å². The number of thiocarbonyl (C=S) groups is 1. The largest absolute Gasteiger partial charge is 0.389 e. The first-order valence-corrected chi connectivity index (χ1v) is 6.26. The molecule has 1 heterocycles. The minimum atomic E-state index is -0.234. The smallest absolute Gasteiger partial charge is 0.269 e. The fourth-order valence-electron chi connectivity index (χ4n) is 1.38. The molecule has 0 spiro atoms. The molecule has 0 saturated carbocycles. The molecule has 0 atom stereocenters. The van der Waals surface area contributed by atoms with Crippen molar-refractivity contribution >= 4 is 40.3 Å². The predicted octanol–water partition coefficient (Wildman–Crippen LogP) is 1.73. The summed E-state index contributed by atoms with van der Waals surface area (Å²) in [6.45, 7) is 1.74. The van der Waals surface area contributed by atoms with Gasteiger partial charge in [0.25, 0.3) is 5.91 Å². The molecule has 2 rings (SSSR count). The fraction of sp³-hybridized carbons (Fsp3) is 0.0909. The molecule has 0 fully saturated rings. The molecule has 0 saturated heterocycles. The molecule has 0 bridgehead atoms. The minimum Gasteiger partial charge on any atom is -0.389 e. The van der Waals surface area contributed by atoms with E-state index in [4.69, 9.17) is 18.0 Å². The molecule has 3 N–H and O–H groups in total. The summed E-state index contributed by atoms with van der Waals surface area (Å²) in [6.07, 6.45) is 0. The Kier molecular flexibility index (Phi) is 3.63. The zero-order valence-electron chi connectivity index (χ0n) is 9.51. The number of nitrogens with one attached hydrogen (secondary N) is 1. The van der Waals surface area contributed by atoms with Crippen LogP contribution in [0.2, 0.25) is 0 Å². The van der Waals surface area contributed by atoms with E-state index >= 15 is 0 Å². The first-order chi connectivity index (χ1) is 8.58. The maximum absolute atomic E-state index is 11.9. The molecule has 92 valence electrons. The summed E-state index contributed by atoms with van der Waals surface area (Å²) in [7, 11) is 0. The summed E-state index contributed by atoms with van der Waals surface area (Å²) < 4.78 is 3.72. The second-order valence-corrected chi connectivity index (χ2v) is 4.78. The van der Waals surface area contributed by atoms with Crippen molar-refractivity contribution in [2.45, 2.75) is 6.92 Å². The molecule has 0 unspecified atom stereocenters. The standard InChI is InChI=1S/C11H10N4OS2/c1-6-9(18-15-14-6)11(16)13-8-4-2-3-7(5-8)10(12)17/h2-5H,1H3,(H2,12,17)(H,13,16). The van der Waals surface area contributed by atoms with Crippen LogP contribution in [0.1, 0.15) is 20.9 Å². The highest BCUT2D eigenvalue weighted by molar-refractivity contribution is 7.80. The molecule has 0 aliphatic heterocycles. The van der Waals surface area contributed by atoms with Crippen LogP contribution in [0.3, 0.4) is 0 Å². The summed E-state index contributed by atoms with van der Waals surface area (Å²) in [4.78, 5) is 12.7. The van der Waals surface area contributed by atoms with Crippen LogP contribution in [0.4, 0.5) is 5.69 Å². The van der Waals surface area contributed by atoms with E-state index in [2.05, 4.69) is 14.9 Å². The number of aromatic nitrogens is 2. The van der Waals surface area contributed by atoms with Crippen molar-refractivity contribution in [3.8, 4) is 0 Å². The Morgan fingerprint density at radius 3 is 2.89 bits per heavy atom. The van der Waals surface area contributed by atoms with Gasteiger partial charge in [-0.2, -0.15) is 0 Å². The molecule has 5 nitrogen and oxygen atoms in total. The number of aryl methyl sites for hydroxylation is 1. The van der Waals surface area contributed by atoms with E-state index in [0.29, 0.717) is 26.8 Å². The zero-order chi connectivity index (χ0) is 13.1. The van der Waals surface area contributed by atoms with Crippen LogP contribution < -0.4 is 11.1 Å². The first-order valence-electron chi connectivity index (χ1n) is 5.08. The number of carbonyl (C=O) groups excluding carboxylic acids is 1. The van der Waals surface area contributed by atoms with Gasteiger partial charge in [0.1, 0.15) is 9.87 Å². The lowest BCUT2D eigenvalue weighted by molar-refractivity contribution is 0.103. The van der Waals surface area contributed by atoms with Crippen molar-refractivity contribution in [3.05, 3.63) is 40.4 Å². The highest BCUT2D eigenvalue weighted by Gasteiger charge is 2.13. The van der Waals surface area contributed by atoms with Crippen molar-refractivity contribution in [2.75, 3.05) is 5.32 Å². The van der Waals surface area contributed by atoms with Crippen LogP contribution in [0, 0.1) is 6.92 Å². The Morgan fingerprint density at radius 2 is 2.28 bits per heavy atom. The van der Waals surface area contributed by atoms with Gasteiger partial charge in [0.2, 0.25) is 0 Å². The topological polar surface area (TPSA) is 80.9 Å². The predicted molar refractivity (Wildman–Crippen MR) is 74.9 cm³/mol. The summed E-state index contributed by atoms with van der Waals surface area (Å²) in [5, 5.41) is 6.55. The lowest BCUT2D eigenvalue weighted by Gasteiger charge is -2.05. The number of amides is 1. The third-order valence-electron chi connectivity index (χ3n) is 2.26. The Hall–Kier alpha value is -1.86. The summed E-state index contributed by atoms with van der Waals surface area (Å²) in [5.41, 5.74) is 7.49. The number of nitrogens with zero attached hydrogens (tertiary/aromatic N) is 2. The fourth-order valence-corrected chi connectivity index (χ4v) is 2.06. The quantitative estimate of drug-likeness (QED) is 0.836. The van der Waals surface area contributed by atoms with E-state index in [1.807, 2.05) is 0 Å². The SMILES string of the molecule is Cc1nnsc1C(=O)Nc1cccc(C(N)=S)c1.